The fraction of sp³-hybridized carbons (Fsp3) is 0.615. The minimum Gasteiger partial charge on any atom is -0.496 e. The lowest BCUT2D eigenvalue weighted by Gasteiger charge is -2.15. The first-order valence-electron chi connectivity index (χ1n) is 6.22. The maximum atomic E-state index is 11.9. The van der Waals surface area contributed by atoms with Crippen molar-refractivity contribution >= 4 is 17.2 Å². The van der Waals surface area contributed by atoms with Gasteiger partial charge in [0, 0.05) is 24.6 Å². The Kier molecular flexibility index (Phi) is 6.75. The average molecular weight is 271 g/mol. The minimum atomic E-state index is -0.0673. The van der Waals surface area contributed by atoms with E-state index in [2.05, 4.69) is 12.2 Å². The molecule has 0 spiro atoms. The maximum absolute atomic E-state index is 11.9. The van der Waals surface area contributed by atoms with Gasteiger partial charge in [-0.05, 0) is 18.8 Å². The summed E-state index contributed by atoms with van der Waals surface area (Å²) in [7, 11) is 1.59. The van der Waals surface area contributed by atoms with E-state index in [1.54, 1.807) is 13.2 Å². The third-order valence-electron chi connectivity index (χ3n) is 2.82. The maximum Gasteiger partial charge on any atom is 0.261 e. The predicted molar refractivity (Wildman–Crippen MR) is 73.3 cm³/mol. The van der Waals surface area contributed by atoms with Crippen LogP contribution in [0.3, 0.4) is 0 Å². The molecule has 0 bridgehead atoms. The van der Waals surface area contributed by atoms with Gasteiger partial charge < -0.3 is 15.2 Å². The van der Waals surface area contributed by atoms with E-state index >= 15 is 0 Å². The lowest BCUT2D eigenvalue weighted by Crippen LogP contribution is -2.29. The second-order valence-electron chi connectivity index (χ2n) is 4.23. The SMILES string of the molecule is CCCC(CCO)CNC(=O)c1cc(OC)cs1. The molecule has 102 valence electrons. The van der Waals surface area contributed by atoms with Gasteiger partial charge in [-0.1, -0.05) is 13.3 Å². The number of hydrogen-bond acceptors (Lipinski definition) is 4. The van der Waals surface area contributed by atoms with E-state index in [0.29, 0.717) is 23.1 Å². The van der Waals surface area contributed by atoms with Gasteiger partial charge >= 0.3 is 0 Å². The predicted octanol–water partition coefficient (Wildman–Crippen LogP) is 2.29. The summed E-state index contributed by atoms with van der Waals surface area (Å²) in [6, 6.07) is 1.74. The molecule has 2 N–H and O–H groups in total. The zero-order chi connectivity index (χ0) is 13.4. The molecule has 1 rings (SSSR count). The molecular formula is C13H21NO3S. The number of carbonyl (C=O) groups excluding carboxylic acids is 1. The first-order valence-corrected chi connectivity index (χ1v) is 7.10. The molecule has 0 saturated carbocycles. The van der Waals surface area contributed by atoms with Gasteiger partial charge in [-0.2, -0.15) is 0 Å². The molecule has 1 aromatic heterocycles. The number of nitrogens with one attached hydrogen (secondary N) is 1. The molecule has 5 heteroatoms. The number of rotatable bonds is 8. The molecule has 1 unspecified atom stereocenters. The van der Waals surface area contributed by atoms with Gasteiger partial charge in [0.25, 0.3) is 5.91 Å². The quantitative estimate of drug-likeness (QED) is 0.762. The van der Waals surface area contributed by atoms with Gasteiger partial charge in [-0.3, -0.25) is 4.79 Å². The van der Waals surface area contributed by atoms with Crippen molar-refractivity contribution in [1.82, 2.24) is 5.32 Å². The lowest BCUT2D eigenvalue weighted by molar-refractivity contribution is 0.0946. The molecule has 0 aliphatic rings. The fourth-order valence-electron chi connectivity index (χ4n) is 1.81. The molecule has 0 aliphatic heterocycles. The molecule has 1 atom stereocenters. The summed E-state index contributed by atoms with van der Waals surface area (Å²) in [6.07, 6.45) is 2.82. The number of carbonyl (C=O) groups is 1. The van der Waals surface area contributed by atoms with Gasteiger partial charge in [0.05, 0.1) is 12.0 Å². The van der Waals surface area contributed by atoms with Crippen LogP contribution in [0.2, 0.25) is 0 Å². The number of aliphatic hydroxyl groups is 1. The molecule has 0 aromatic carbocycles. The van der Waals surface area contributed by atoms with Gasteiger partial charge in [0.2, 0.25) is 0 Å². The first kappa shape index (κ1) is 15.0. The van der Waals surface area contributed by atoms with Gasteiger partial charge in [0.1, 0.15) is 5.75 Å². The van der Waals surface area contributed by atoms with Crippen LogP contribution in [0.15, 0.2) is 11.4 Å². The molecule has 0 fully saturated rings. The monoisotopic (exact) mass is 271 g/mol. The van der Waals surface area contributed by atoms with Gasteiger partial charge in [0.15, 0.2) is 0 Å². The van der Waals surface area contributed by atoms with Crippen LogP contribution in [-0.2, 0) is 0 Å². The Bertz CT molecular complexity index is 359. The van der Waals surface area contributed by atoms with Crippen LogP contribution < -0.4 is 10.1 Å². The number of ether oxygens (including phenoxy) is 1. The normalized spacial score (nSPS) is 12.2. The van der Waals surface area contributed by atoms with Gasteiger partial charge in [-0.15, -0.1) is 11.3 Å². The van der Waals surface area contributed by atoms with Crippen molar-refractivity contribution in [2.45, 2.75) is 26.2 Å². The van der Waals surface area contributed by atoms with E-state index in [-0.39, 0.29) is 12.5 Å². The Balaban J connectivity index is 2.43. The fourth-order valence-corrected chi connectivity index (χ4v) is 2.58. The van der Waals surface area contributed by atoms with E-state index in [4.69, 9.17) is 9.84 Å². The second kappa shape index (κ2) is 8.11. The van der Waals surface area contributed by atoms with Crippen molar-refractivity contribution in [3.8, 4) is 5.75 Å². The number of aliphatic hydroxyl groups excluding tert-OH is 1. The summed E-state index contributed by atoms with van der Waals surface area (Å²) in [5, 5.41) is 13.7. The van der Waals surface area contributed by atoms with E-state index in [9.17, 15) is 4.79 Å². The average Bonchev–Trinajstić information content (AvgIpc) is 2.85. The molecule has 0 saturated heterocycles. The first-order chi connectivity index (χ1) is 8.71. The molecular weight excluding hydrogens is 250 g/mol. The number of amides is 1. The highest BCUT2D eigenvalue weighted by molar-refractivity contribution is 7.12. The zero-order valence-electron chi connectivity index (χ0n) is 10.9. The third kappa shape index (κ3) is 4.66. The summed E-state index contributed by atoms with van der Waals surface area (Å²) >= 11 is 1.37. The number of methoxy groups -OCH3 is 1. The molecule has 1 amide bonds. The van der Waals surface area contributed by atoms with Crippen LogP contribution in [0.5, 0.6) is 5.75 Å². The van der Waals surface area contributed by atoms with Crippen LogP contribution >= 0.6 is 11.3 Å². The Morgan fingerprint density at radius 1 is 1.56 bits per heavy atom. The van der Waals surface area contributed by atoms with Crippen molar-refractivity contribution in [3.05, 3.63) is 16.3 Å². The van der Waals surface area contributed by atoms with E-state index < -0.39 is 0 Å². The van der Waals surface area contributed by atoms with Crippen LogP contribution in [0.1, 0.15) is 35.9 Å². The van der Waals surface area contributed by atoms with E-state index in [1.165, 1.54) is 11.3 Å². The van der Waals surface area contributed by atoms with E-state index in [1.807, 2.05) is 5.38 Å². The lowest BCUT2D eigenvalue weighted by atomic mass is 10.0. The van der Waals surface area contributed by atoms with Crippen molar-refractivity contribution in [3.63, 3.8) is 0 Å². The summed E-state index contributed by atoms with van der Waals surface area (Å²) in [5.41, 5.74) is 0. The topological polar surface area (TPSA) is 58.6 Å². The minimum absolute atomic E-state index is 0.0673. The highest BCUT2D eigenvalue weighted by atomic mass is 32.1. The zero-order valence-corrected chi connectivity index (χ0v) is 11.8. The van der Waals surface area contributed by atoms with Crippen LogP contribution in [0, 0.1) is 5.92 Å². The van der Waals surface area contributed by atoms with Crippen LogP contribution in [0.4, 0.5) is 0 Å². The number of thiophene rings is 1. The molecule has 18 heavy (non-hydrogen) atoms. The standard InChI is InChI=1S/C13H21NO3S/c1-3-4-10(5-6-15)8-14-13(16)12-7-11(17-2)9-18-12/h7,9-10,15H,3-6,8H2,1-2H3,(H,14,16). The molecule has 4 nitrogen and oxygen atoms in total. The molecule has 0 aliphatic carbocycles. The second-order valence-corrected chi connectivity index (χ2v) is 5.14. The summed E-state index contributed by atoms with van der Waals surface area (Å²) in [6.45, 7) is 2.90. The number of hydrogen-bond donors (Lipinski definition) is 2. The Hall–Kier alpha value is -1.07. The smallest absolute Gasteiger partial charge is 0.261 e. The Morgan fingerprint density at radius 3 is 2.89 bits per heavy atom. The highest BCUT2D eigenvalue weighted by Crippen LogP contribution is 2.21. The summed E-state index contributed by atoms with van der Waals surface area (Å²) in [5.74, 6) is 0.999. The Labute approximate surface area is 112 Å². The van der Waals surface area contributed by atoms with Crippen molar-refractivity contribution in [1.29, 1.82) is 0 Å². The summed E-state index contributed by atoms with van der Waals surface area (Å²) < 4.78 is 5.05. The Morgan fingerprint density at radius 2 is 2.33 bits per heavy atom. The van der Waals surface area contributed by atoms with Crippen molar-refractivity contribution in [2.24, 2.45) is 5.92 Å². The third-order valence-corrected chi connectivity index (χ3v) is 3.73. The molecule has 1 aromatic rings. The molecule has 1 heterocycles. The van der Waals surface area contributed by atoms with Crippen molar-refractivity contribution < 1.29 is 14.6 Å². The summed E-state index contributed by atoms with van der Waals surface area (Å²) in [4.78, 5) is 12.5. The van der Waals surface area contributed by atoms with Gasteiger partial charge in [-0.25, -0.2) is 0 Å². The van der Waals surface area contributed by atoms with Crippen LogP contribution in [-0.4, -0.2) is 31.3 Å². The molecule has 0 radical (unpaired) electrons. The largest absolute Gasteiger partial charge is 0.496 e. The highest BCUT2D eigenvalue weighted by Gasteiger charge is 2.12. The van der Waals surface area contributed by atoms with Crippen molar-refractivity contribution in [2.75, 3.05) is 20.3 Å². The van der Waals surface area contributed by atoms with Crippen LogP contribution in [0.25, 0.3) is 0 Å². The van der Waals surface area contributed by atoms with E-state index in [0.717, 1.165) is 19.3 Å².